The lowest BCUT2D eigenvalue weighted by Gasteiger charge is -2.14. The first-order valence-electron chi connectivity index (χ1n) is 7.74. The highest BCUT2D eigenvalue weighted by atomic mass is 19.1. The summed E-state index contributed by atoms with van der Waals surface area (Å²) >= 11 is 0. The van der Waals surface area contributed by atoms with Crippen LogP contribution in [0.25, 0.3) is 10.9 Å². The maximum absolute atomic E-state index is 14.0. The van der Waals surface area contributed by atoms with Crippen molar-refractivity contribution in [3.8, 4) is 0 Å². The van der Waals surface area contributed by atoms with Gasteiger partial charge in [-0.3, -0.25) is 4.79 Å². The smallest absolute Gasteiger partial charge is 0.343 e. The molecule has 0 radical (unpaired) electrons. The summed E-state index contributed by atoms with van der Waals surface area (Å²) in [7, 11) is 0. The van der Waals surface area contributed by atoms with Crippen LogP contribution in [0.15, 0.2) is 53.5 Å². The Morgan fingerprint density at radius 2 is 1.92 bits per heavy atom. The predicted molar refractivity (Wildman–Crippen MR) is 89.6 cm³/mol. The first-order valence-corrected chi connectivity index (χ1v) is 7.74. The molecule has 6 heteroatoms. The molecule has 3 rings (SSSR count). The topological polar surface area (TPSA) is 48.3 Å². The predicted octanol–water partition coefficient (Wildman–Crippen LogP) is 3.50. The van der Waals surface area contributed by atoms with Gasteiger partial charge in [-0.05, 0) is 31.2 Å². The second-order valence-corrected chi connectivity index (χ2v) is 5.47. The molecule has 0 saturated carbocycles. The van der Waals surface area contributed by atoms with Crippen LogP contribution in [-0.4, -0.2) is 17.1 Å². The Morgan fingerprint density at radius 3 is 2.64 bits per heavy atom. The van der Waals surface area contributed by atoms with Crippen molar-refractivity contribution in [3.63, 3.8) is 0 Å². The van der Waals surface area contributed by atoms with Gasteiger partial charge in [-0.1, -0.05) is 18.2 Å². The Morgan fingerprint density at radius 1 is 1.16 bits per heavy atom. The number of carbonyl (C=O) groups is 1. The number of fused-ring (bicyclic) bond motifs is 1. The van der Waals surface area contributed by atoms with E-state index in [4.69, 9.17) is 4.74 Å². The zero-order valence-electron chi connectivity index (χ0n) is 13.5. The number of halogens is 2. The van der Waals surface area contributed by atoms with E-state index in [-0.39, 0.29) is 29.6 Å². The Kier molecular flexibility index (Phi) is 4.61. The molecule has 0 aliphatic rings. The van der Waals surface area contributed by atoms with Gasteiger partial charge in [0.25, 0.3) is 0 Å². The van der Waals surface area contributed by atoms with Gasteiger partial charge >= 0.3 is 5.97 Å². The van der Waals surface area contributed by atoms with Crippen LogP contribution >= 0.6 is 0 Å². The van der Waals surface area contributed by atoms with E-state index in [0.717, 1.165) is 6.07 Å². The van der Waals surface area contributed by atoms with Gasteiger partial charge in [0.1, 0.15) is 17.2 Å². The van der Waals surface area contributed by atoms with Gasteiger partial charge in [0.05, 0.1) is 18.7 Å². The van der Waals surface area contributed by atoms with Crippen molar-refractivity contribution in [2.45, 2.75) is 13.5 Å². The molecule has 0 bridgehead atoms. The normalized spacial score (nSPS) is 10.8. The third-order valence-corrected chi connectivity index (χ3v) is 3.84. The molecule has 4 nitrogen and oxygen atoms in total. The van der Waals surface area contributed by atoms with Gasteiger partial charge in [-0.25, -0.2) is 13.6 Å². The zero-order valence-corrected chi connectivity index (χ0v) is 13.5. The van der Waals surface area contributed by atoms with E-state index in [2.05, 4.69) is 0 Å². The second kappa shape index (κ2) is 6.84. The number of benzene rings is 2. The van der Waals surface area contributed by atoms with Crippen LogP contribution in [0.4, 0.5) is 8.78 Å². The highest BCUT2D eigenvalue weighted by Crippen LogP contribution is 2.17. The molecule has 0 fully saturated rings. The fourth-order valence-electron chi connectivity index (χ4n) is 2.66. The lowest BCUT2D eigenvalue weighted by Crippen LogP contribution is -2.21. The van der Waals surface area contributed by atoms with Crippen LogP contribution in [0.5, 0.6) is 0 Å². The molecule has 0 aliphatic carbocycles. The van der Waals surface area contributed by atoms with Crippen LogP contribution in [0, 0.1) is 11.6 Å². The number of carbonyl (C=O) groups excluding carboxylic acids is 1. The number of nitrogens with zero attached hydrogens (tertiary/aromatic N) is 1. The molecule has 2 aromatic carbocycles. The van der Waals surface area contributed by atoms with Crippen molar-refractivity contribution in [1.29, 1.82) is 0 Å². The third kappa shape index (κ3) is 3.28. The number of pyridine rings is 1. The number of esters is 1. The van der Waals surface area contributed by atoms with Crippen LogP contribution < -0.4 is 5.43 Å². The highest BCUT2D eigenvalue weighted by molar-refractivity contribution is 5.93. The number of aromatic nitrogens is 1. The molecule has 0 N–H and O–H groups in total. The van der Waals surface area contributed by atoms with E-state index in [1.54, 1.807) is 25.1 Å². The lowest BCUT2D eigenvalue weighted by molar-refractivity contribution is 0.0524. The maximum Gasteiger partial charge on any atom is 0.343 e. The van der Waals surface area contributed by atoms with Crippen molar-refractivity contribution < 1.29 is 18.3 Å². The van der Waals surface area contributed by atoms with E-state index in [9.17, 15) is 18.4 Å². The average Bonchev–Trinajstić information content (AvgIpc) is 2.59. The Hall–Kier alpha value is -3.02. The van der Waals surface area contributed by atoms with Crippen molar-refractivity contribution in [1.82, 2.24) is 4.57 Å². The number of ether oxygens (including phenoxy) is 1. The van der Waals surface area contributed by atoms with Crippen LogP contribution in [-0.2, 0) is 11.3 Å². The summed E-state index contributed by atoms with van der Waals surface area (Å²) in [6.45, 7) is 1.79. The minimum Gasteiger partial charge on any atom is -0.462 e. The summed E-state index contributed by atoms with van der Waals surface area (Å²) in [5.74, 6) is -1.72. The Balaban J connectivity index is 2.23. The summed E-state index contributed by atoms with van der Waals surface area (Å²) in [6, 6.07) is 9.78. The molecule has 0 saturated heterocycles. The van der Waals surface area contributed by atoms with Gasteiger partial charge in [-0.2, -0.15) is 0 Å². The molecule has 0 amide bonds. The fraction of sp³-hybridized carbons (Fsp3) is 0.158. The van der Waals surface area contributed by atoms with E-state index < -0.39 is 23.0 Å². The number of hydrogen-bond donors (Lipinski definition) is 0. The van der Waals surface area contributed by atoms with Gasteiger partial charge < -0.3 is 9.30 Å². The number of rotatable bonds is 4. The van der Waals surface area contributed by atoms with Gasteiger partial charge in [-0.15, -0.1) is 0 Å². The summed E-state index contributed by atoms with van der Waals surface area (Å²) in [6.07, 6.45) is 1.29. The molecule has 1 heterocycles. The largest absolute Gasteiger partial charge is 0.462 e. The third-order valence-electron chi connectivity index (χ3n) is 3.84. The van der Waals surface area contributed by atoms with Crippen molar-refractivity contribution in [3.05, 3.63) is 81.6 Å². The minimum atomic E-state index is -0.763. The van der Waals surface area contributed by atoms with E-state index >= 15 is 0 Å². The van der Waals surface area contributed by atoms with E-state index in [1.807, 2.05) is 0 Å². The molecule has 0 aliphatic heterocycles. The monoisotopic (exact) mass is 343 g/mol. The van der Waals surface area contributed by atoms with Crippen molar-refractivity contribution in [2.75, 3.05) is 6.61 Å². The quantitative estimate of drug-likeness (QED) is 0.681. The standard InChI is InChI=1S/C19H15F2NO3/c1-2-25-19(24)15-11-22(10-12-5-3-4-6-16(12)21)17-9-13(20)7-8-14(17)18(15)23/h3-9,11H,2,10H2,1H3. The lowest BCUT2D eigenvalue weighted by atomic mass is 10.1. The summed E-state index contributed by atoms with van der Waals surface area (Å²) < 4.78 is 34.0. The molecule has 128 valence electrons. The van der Waals surface area contributed by atoms with Gasteiger partial charge in [0.2, 0.25) is 5.43 Å². The second-order valence-electron chi connectivity index (χ2n) is 5.47. The molecule has 0 spiro atoms. The Bertz CT molecular complexity index is 1010. The van der Waals surface area contributed by atoms with Crippen LogP contribution in [0.2, 0.25) is 0 Å². The van der Waals surface area contributed by atoms with Crippen LogP contribution in [0.3, 0.4) is 0 Å². The van der Waals surface area contributed by atoms with Gasteiger partial charge in [0, 0.05) is 17.1 Å². The van der Waals surface area contributed by atoms with Crippen LogP contribution in [0.1, 0.15) is 22.8 Å². The average molecular weight is 343 g/mol. The number of hydrogen-bond acceptors (Lipinski definition) is 3. The molecule has 0 atom stereocenters. The first kappa shape index (κ1) is 16.8. The van der Waals surface area contributed by atoms with E-state index in [0.29, 0.717) is 5.56 Å². The van der Waals surface area contributed by atoms with E-state index in [1.165, 1.54) is 29.0 Å². The van der Waals surface area contributed by atoms with Crippen molar-refractivity contribution >= 4 is 16.9 Å². The molecule has 0 unspecified atom stereocenters. The van der Waals surface area contributed by atoms with Crippen molar-refractivity contribution in [2.24, 2.45) is 0 Å². The first-order chi connectivity index (χ1) is 12.0. The highest BCUT2D eigenvalue weighted by Gasteiger charge is 2.17. The molecular formula is C19H15F2NO3. The molecule has 25 heavy (non-hydrogen) atoms. The summed E-state index contributed by atoms with van der Waals surface area (Å²) in [4.78, 5) is 24.6. The minimum absolute atomic E-state index is 0.0410. The summed E-state index contributed by atoms with van der Waals surface area (Å²) in [5, 5.41) is 0.170. The molecule has 1 aromatic heterocycles. The Labute approximate surface area is 142 Å². The fourth-order valence-corrected chi connectivity index (χ4v) is 2.66. The molecular weight excluding hydrogens is 328 g/mol. The summed E-state index contributed by atoms with van der Waals surface area (Å²) in [5.41, 5.74) is -0.0802. The maximum atomic E-state index is 14.0. The zero-order chi connectivity index (χ0) is 18.0. The SMILES string of the molecule is CCOC(=O)c1cn(Cc2ccccc2F)c2cc(F)ccc2c1=O. The van der Waals surface area contributed by atoms with Gasteiger partial charge in [0.15, 0.2) is 0 Å². The molecule has 3 aromatic rings.